The number of anilines is 1. The van der Waals surface area contributed by atoms with Crippen LogP contribution in [-0.4, -0.2) is 42.7 Å². The number of rotatable bonds is 5. The van der Waals surface area contributed by atoms with Gasteiger partial charge in [-0.25, -0.2) is 14.8 Å². The first kappa shape index (κ1) is 19.9. The van der Waals surface area contributed by atoms with Gasteiger partial charge in [0.25, 0.3) is 0 Å². The van der Waals surface area contributed by atoms with Crippen molar-refractivity contribution < 1.29 is 27.4 Å². The average molecular weight is 395 g/mol. The lowest BCUT2D eigenvalue weighted by molar-refractivity contribution is -0.139. The third-order valence-electron chi connectivity index (χ3n) is 4.47. The van der Waals surface area contributed by atoms with E-state index in [9.17, 15) is 18.0 Å². The molecule has 0 unspecified atom stereocenters. The smallest absolute Gasteiger partial charge is 0.419 e. The van der Waals surface area contributed by atoms with Gasteiger partial charge in [0.2, 0.25) is 5.95 Å². The van der Waals surface area contributed by atoms with E-state index in [1.165, 1.54) is 25.3 Å². The largest absolute Gasteiger partial charge is 0.493 e. The van der Waals surface area contributed by atoms with E-state index in [0.29, 0.717) is 24.7 Å². The van der Waals surface area contributed by atoms with E-state index in [1.54, 1.807) is 13.0 Å². The molecule has 1 aliphatic rings. The van der Waals surface area contributed by atoms with Crippen molar-refractivity contribution in [1.29, 1.82) is 0 Å². The standard InChI is InChI=1S/C19H20F3N3O3/c1-12-9-15(17(26)27-2)24-18(23-12)25-8-7-13(10-25)11-28-16-6-4-3-5-14(16)19(20,21)22/h3-6,9,13H,7-8,10-11H2,1-2H3/t13-/m1/s1. The molecule has 150 valence electrons. The van der Waals surface area contributed by atoms with Crippen LogP contribution in [0.25, 0.3) is 0 Å². The quantitative estimate of drug-likeness (QED) is 0.722. The number of hydrogen-bond acceptors (Lipinski definition) is 6. The van der Waals surface area contributed by atoms with Crippen LogP contribution in [0.4, 0.5) is 19.1 Å². The predicted molar refractivity (Wildman–Crippen MR) is 95.4 cm³/mol. The van der Waals surface area contributed by atoms with Crippen LogP contribution < -0.4 is 9.64 Å². The first-order valence-electron chi connectivity index (χ1n) is 8.76. The number of carbonyl (C=O) groups is 1. The topological polar surface area (TPSA) is 64.5 Å². The Hall–Kier alpha value is -2.84. The Morgan fingerprint density at radius 1 is 1.29 bits per heavy atom. The number of carbonyl (C=O) groups excluding carboxylic acids is 1. The second-order valence-electron chi connectivity index (χ2n) is 6.59. The van der Waals surface area contributed by atoms with Crippen molar-refractivity contribution in [3.05, 3.63) is 47.3 Å². The molecule has 9 heteroatoms. The van der Waals surface area contributed by atoms with Gasteiger partial charge in [0.05, 0.1) is 19.3 Å². The van der Waals surface area contributed by atoms with E-state index < -0.39 is 17.7 Å². The molecule has 2 heterocycles. The Labute approximate surface area is 160 Å². The third-order valence-corrected chi connectivity index (χ3v) is 4.47. The Morgan fingerprint density at radius 2 is 2.04 bits per heavy atom. The number of esters is 1. The van der Waals surface area contributed by atoms with Crippen LogP contribution >= 0.6 is 0 Å². The van der Waals surface area contributed by atoms with Gasteiger partial charge in [0.15, 0.2) is 5.69 Å². The number of aryl methyl sites for hydroxylation is 1. The number of hydrogen-bond donors (Lipinski definition) is 0. The third kappa shape index (κ3) is 4.52. The van der Waals surface area contributed by atoms with Gasteiger partial charge in [-0.15, -0.1) is 0 Å². The molecule has 1 aromatic heterocycles. The fourth-order valence-electron chi connectivity index (χ4n) is 3.09. The van der Waals surface area contributed by atoms with Crippen molar-refractivity contribution in [3.8, 4) is 5.75 Å². The zero-order chi connectivity index (χ0) is 20.3. The molecule has 1 atom stereocenters. The normalized spacial score (nSPS) is 16.9. The number of aromatic nitrogens is 2. The summed E-state index contributed by atoms with van der Waals surface area (Å²) in [5, 5.41) is 0. The lowest BCUT2D eigenvalue weighted by atomic mass is 10.1. The molecule has 0 N–H and O–H groups in total. The van der Waals surface area contributed by atoms with Crippen molar-refractivity contribution >= 4 is 11.9 Å². The first-order chi connectivity index (χ1) is 13.3. The van der Waals surface area contributed by atoms with Crippen molar-refractivity contribution in [3.63, 3.8) is 0 Å². The second-order valence-corrected chi connectivity index (χ2v) is 6.59. The summed E-state index contributed by atoms with van der Waals surface area (Å²) < 4.78 is 49.3. The molecule has 0 saturated carbocycles. The van der Waals surface area contributed by atoms with Crippen molar-refractivity contribution in [2.75, 3.05) is 31.7 Å². The molecule has 1 fully saturated rings. The number of nitrogens with zero attached hydrogens (tertiary/aromatic N) is 3. The lowest BCUT2D eigenvalue weighted by Gasteiger charge is -2.18. The van der Waals surface area contributed by atoms with E-state index in [4.69, 9.17) is 9.47 Å². The van der Waals surface area contributed by atoms with Gasteiger partial charge >= 0.3 is 12.1 Å². The number of methoxy groups -OCH3 is 1. The van der Waals surface area contributed by atoms with Gasteiger partial charge < -0.3 is 14.4 Å². The lowest BCUT2D eigenvalue weighted by Crippen LogP contribution is -2.25. The first-order valence-corrected chi connectivity index (χ1v) is 8.76. The molecule has 3 rings (SSSR count). The van der Waals surface area contributed by atoms with Crippen LogP contribution in [0.2, 0.25) is 0 Å². The van der Waals surface area contributed by atoms with Crippen LogP contribution in [0.15, 0.2) is 30.3 Å². The number of para-hydroxylation sites is 1. The predicted octanol–water partition coefficient (Wildman–Crippen LogP) is 3.50. The van der Waals surface area contributed by atoms with Crippen LogP contribution in [0.3, 0.4) is 0 Å². The minimum atomic E-state index is -4.46. The zero-order valence-electron chi connectivity index (χ0n) is 15.5. The number of benzene rings is 1. The average Bonchev–Trinajstić information content (AvgIpc) is 3.14. The van der Waals surface area contributed by atoms with E-state index in [2.05, 4.69) is 9.97 Å². The minimum absolute atomic E-state index is 0.0204. The van der Waals surface area contributed by atoms with Gasteiger partial charge in [0.1, 0.15) is 5.75 Å². The maximum absolute atomic E-state index is 13.1. The van der Waals surface area contributed by atoms with Crippen LogP contribution in [0, 0.1) is 12.8 Å². The zero-order valence-corrected chi connectivity index (χ0v) is 15.5. The fourth-order valence-corrected chi connectivity index (χ4v) is 3.09. The molecule has 6 nitrogen and oxygen atoms in total. The molecule has 1 aromatic carbocycles. The van der Waals surface area contributed by atoms with Crippen molar-refractivity contribution in [1.82, 2.24) is 9.97 Å². The van der Waals surface area contributed by atoms with Crippen molar-refractivity contribution in [2.45, 2.75) is 19.5 Å². The summed E-state index contributed by atoms with van der Waals surface area (Å²) in [7, 11) is 1.28. The maximum Gasteiger partial charge on any atom is 0.419 e. The molecule has 0 radical (unpaired) electrons. The van der Waals surface area contributed by atoms with E-state index in [0.717, 1.165) is 12.5 Å². The SMILES string of the molecule is COC(=O)c1cc(C)nc(N2CC[C@@H](COc3ccccc3C(F)(F)F)C2)n1. The summed E-state index contributed by atoms with van der Waals surface area (Å²) in [5.74, 6) is -0.298. The van der Waals surface area contributed by atoms with Crippen LogP contribution in [0.5, 0.6) is 5.75 Å². The highest BCUT2D eigenvalue weighted by molar-refractivity contribution is 5.87. The molecule has 2 aromatic rings. The van der Waals surface area contributed by atoms with Gasteiger partial charge in [0, 0.05) is 24.7 Å². The summed E-state index contributed by atoms with van der Waals surface area (Å²) in [6, 6.07) is 6.72. The van der Waals surface area contributed by atoms with Gasteiger partial charge in [-0.05, 0) is 31.5 Å². The molecular weight excluding hydrogens is 375 g/mol. The highest BCUT2D eigenvalue weighted by Gasteiger charge is 2.34. The van der Waals surface area contributed by atoms with Gasteiger partial charge in [-0.3, -0.25) is 0 Å². The Bertz CT molecular complexity index is 858. The molecule has 28 heavy (non-hydrogen) atoms. The van der Waals surface area contributed by atoms with Crippen LogP contribution in [-0.2, 0) is 10.9 Å². The van der Waals surface area contributed by atoms with E-state index in [-0.39, 0.29) is 24.0 Å². The van der Waals surface area contributed by atoms with Crippen LogP contribution in [0.1, 0.15) is 28.2 Å². The highest BCUT2D eigenvalue weighted by atomic mass is 19.4. The molecule has 1 saturated heterocycles. The summed E-state index contributed by atoms with van der Waals surface area (Å²) in [4.78, 5) is 22.2. The number of ether oxygens (including phenoxy) is 2. The molecule has 0 amide bonds. The van der Waals surface area contributed by atoms with Gasteiger partial charge in [-0.2, -0.15) is 13.2 Å². The van der Waals surface area contributed by atoms with E-state index >= 15 is 0 Å². The Morgan fingerprint density at radius 3 is 2.75 bits per heavy atom. The molecule has 0 spiro atoms. The molecule has 0 bridgehead atoms. The summed E-state index contributed by atoms with van der Waals surface area (Å²) in [6.07, 6.45) is -3.74. The minimum Gasteiger partial charge on any atom is -0.493 e. The second kappa shape index (κ2) is 8.04. The number of halogens is 3. The molecule has 1 aliphatic heterocycles. The Kier molecular flexibility index (Phi) is 5.71. The molecule has 0 aliphatic carbocycles. The van der Waals surface area contributed by atoms with E-state index in [1.807, 2.05) is 4.90 Å². The maximum atomic E-state index is 13.1. The fraction of sp³-hybridized carbons (Fsp3) is 0.421. The Balaban J connectivity index is 1.66. The summed E-state index contributed by atoms with van der Waals surface area (Å²) in [5.41, 5.74) is 0.0163. The van der Waals surface area contributed by atoms with Crippen molar-refractivity contribution in [2.24, 2.45) is 5.92 Å². The molecular formula is C19H20F3N3O3. The number of alkyl halides is 3. The van der Waals surface area contributed by atoms with Gasteiger partial charge in [-0.1, -0.05) is 12.1 Å². The highest BCUT2D eigenvalue weighted by Crippen LogP contribution is 2.36. The summed E-state index contributed by atoms with van der Waals surface area (Å²) in [6.45, 7) is 3.05. The summed E-state index contributed by atoms with van der Waals surface area (Å²) >= 11 is 0. The monoisotopic (exact) mass is 395 g/mol.